The lowest BCUT2D eigenvalue weighted by Crippen LogP contribution is -2.21. The lowest BCUT2D eigenvalue weighted by Gasteiger charge is -2.21. The second-order valence-electron chi connectivity index (χ2n) is 6.51. The average Bonchev–Trinajstić information content (AvgIpc) is 2.55. The summed E-state index contributed by atoms with van der Waals surface area (Å²) in [6.45, 7) is 4.40. The van der Waals surface area contributed by atoms with Crippen molar-refractivity contribution in [3.63, 3.8) is 0 Å². The van der Waals surface area contributed by atoms with Gasteiger partial charge in [0.2, 0.25) is 0 Å². The predicted molar refractivity (Wildman–Crippen MR) is 103 cm³/mol. The number of fused-ring (bicyclic) bond motifs is 1. The predicted octanol–water partition coefficient (Wildman–Crippen LogP) is 5.50. The molecule has 0 spiro atoms. The van der Waals surface area contributed by atoms with Crippen LogP contribution < -0.4 is 10.6 Å². The van der Waals surface area contributed by atoms with Crippen molar-refractivity contribution in [2.75, 3.05) is 10.6 Å². The molecule has 0 fully saturated rings. The molecule has 0 unspecified atom stereocenters. The zero-order chi connectivity index (χ0) is 16.2. The van der Waals surface area contributed by atoms with Crippen molar-refractivity contribution in [2.45, 2.75) is 45.4 Å². The van der Waals surface area contributed by atoms with Crippen molar-refractivity contribution in [3.8, 4) is 0 Å². The normalized spacial score (nSPS) is 13.5. The zero-order valence-corrected chi connectivity index (χ0v) is 14.7. The Morgan fingerprint density at radius 2 is 1.78 bits per heavy atom. The van der Waals surface area contributed by atoms with E-state index in [-0.39, 0.29) is 0 Å². The minimum atomic E-state index is 0.513. The molecule has 0 atom stereocenters. The SMILES string of the molecule is CC(C)c1cccc(NC(=S)Nc2cccc3c2CCCC3)c1. The van der Waals surface area contributed by atoms with E-state index in [1.165, 1.54) is 36.0 Å². The van der Waals surface area contributed by atoms with Crippen molar-refractivity contribution >= 4 is 28.7 Å². The van der Waals surface area contributed by atoms with Crippen LogP contribution in [-0.4, -0.2) is 5.11 Å². The van der Waals surface area contributed by atoms with Crippen molar-refractivity contribution in [1.29, 1.82) is 0 Å². The van der Waals surface area contributed by atoms with Crippen LogP contribution in [-0.2, 0) is 12.8 Å². The van der Waals surface area contributed by atoms with Gasteiger partial charge in [0.25, 0.3) is 0 Å². The first kappa shape index (κ1) is 16.0. The fourth-order valence-electron chi connectivity index (χ4n) is 3.16. The van der Waals surface area contributed by atoms with Crippen LogP contribution in [0.25, 0.3) is 0 Å². The Morgan fingerprint density at radius 1 is 1.00 bits per heavy atom. The summed E-state index contributed by atoms with van der Waals surface area (Å²) < 4.78 is 0. The first-order valence-electron chi connectivity index (χ1n) is 8.42. The fraction of sp³-hybridized carbons (Fsp3) is 0.350. The third-order valence-corrected chi connectivity index (χ3v) is 4.66. The Kier molecular flexibility index (Phi) is 4.97. The first-order valence-corrected chi connectivity index (χ1v) is 8.83. The Bertz CT molecular complexity index is 707. The Hall–Kier alpha value is -1.87. The summed E-state index contributed by atoms with van der Waals surface area (Å²) in [4.78, 5) is 0. The van der Waals surface area contributed by atoms with Crippen LogP contribution in [0.5, 0.6) is 0 Å². The molecule has 1 aliphatic rings. The van der Waals surface area contributed by atoms with Crippen molar-refractivity contribution < 1.29 is 0 Å². The van der Waals surface area contributed by atoms with Crippen LogP contribution in [0.4, 0.5) is 11.4 Å². The van der Waals surface area contributed by atoms with Gasteiger partial charge in [0, 0.05) is 11.4 Å². The second-order valence-corrected chi connectivity index (χ2v) is 6.92. The largest absolute Gasteiger partial charge is 0.332 e. The molecule has 3 heteroatoms. The standard InChI is InChI=1S/C20H24N2S/c1-14(2)16-9-5-10-17(13-16)21-20(23)22-19-12-6-8-15-7-3-4-11-18(15)19/h5-6,8-10,12-14H,3-4,7,11H2,1-2H3,(H2,21,22,23). The van der Waals surface area contributed by atoms with Crippen LogP contribution in [0.1, 0.15) is 49.3 Å². The Morgan fingerprint density at radius 3 is 2.61 bits per heavy atom. The molecule has 2 aromatic carbocycles. The molecule has 0 radical (unpaired) electrons. The molecule has 0 saturated carbocycles. The van der Waals surface area contributed by atoms with Gasteiger partial charge in [-0.15, -0.1) is 0 Å². The van der Waals surface area contributed by atoms with E-state index in [1.807, 2.05) is 0 Å². The van der Waals surface area contributed by atoms with E-state index in [9.17, 15) is 0 Å². The maximum Gasteiger partial charge on any atom is 0.175 e. The Labute approximate surface area is 144 Å². The number of nitrogens with one attached hydrogen (secondary N) is 2. The lowest BCUT2D eigenvalue weighted by atomic mass is 9.90. The van der Waals surface area contributed by atoms with E-state index in [2.05, 4.69) is 66.9 Å². The summed E-state index contributed by atoms with van der Waals surface area (Å²) in [5.74, 6) is 0.513. The summed E-state index contributed by atoms with van der Waals surface area (Å²) in [7, 11) is 0. The van der Waals surface area contributed by atoms with Gasteiger partial charge >= 0.3 is 0 Å². The molecule has 23 heavy (non-hydrogen) atoms. The number of benzene rings is 2. The molecule has 3 rings (SSSR count). The van der Waals surface area contributed by atoms with E-state index in [0.29, 0.717) is 11.0 Å². The average molecular weight is 324 g/mol. The maximum atomic E-state index is 5.51. The number of thiocarbonyl (C=S) groups is 1. The minimum absolute atomic E-state index is 0.513. The molecule has 2 N–H and O–H groups in total. The third-order valence-electron chi connectivity index (χ3n) is 4.46. The van der Waals surface area contributed by atoms with Gasteiger partial charge in [-0.05, 0) is 78.7 Å². The molecule has 2 nitrogen and oxygen atoms in total. The molecular formula is C20H24N2S. The van der Waals surface area contributed by atoms with Gasteiger partial charge in [-0.3, -0.25) is 0 Å². The van der Waals surface area contributed by atoms with Crippen LogP contribution in [0.3, 0.4) is 0 Å². The molecule has 0 bridgehead atoms. The van der Waals surface area contributed by atoms with E-state index in [1.54, 1.807) is 0 Å². The number of anilines is 2. The van der Waals surface area contributed by atoms with E-state index in [0.717, 1.165) is 17.8 Å². The number of hydrogen-bond donors (Lipinski definition) is 2. The van der Waals surface area contributed by atoms with Crippen molar-refractivity contribution in [3.05, 3.63) is 59.2 Å². The minimum Gasteiger partial charge on any atom is -0.332 e. The quantitative estimate of drug-likeness (QED) is 0.729. The summed E-state index contributed by atoms with van der Waals surface area (Å²) >= 11 is 5.51. The van der Waals surface area contributed by atoms with Crippen LogP contribution in [0.15, 0.2) is 42.5 Å². The van der Waals surface area contributed by atoms with Gasteiger partial charge in [0.15, 0.2) is 5.11 Å². The van der Waals surface area contributed by atoms with Crippen molar-refractivity contribution in [1.82, 2.24) is 0 Å². The van der Waals surface area contributed by atoms with Crippen LogP contribution in [0, 0.1) is 0 Å². The van der Waals surface area contributed by atoms with Gasteiger partial charge < -0.3 is 10.6 Å². The molecule has 120 valence electrons. The number of hydrogen-bond acceptors (Lipinski definition) is 1. The summed E-state index contributed by atoms with van der Waals surface area (Å²) in [6, 6.07) is 14.9. The molecule has 0 aliphatic heterocycles. The summed E-state index contributed by atoms with van der Waals surface area (Å²) in [5, 5.41) is 7.36. The topological polar surface area (TPSA) is 24.1 Å². The van der Waals surface area contributed by atoms with Gasteiger partial charge in [-0.1, -0.05) is 38.1 Å². The summed E-state index contributed by atoms with van der Waals surface area (Å²) in [6.07, 6.45) is 4.88. The van der Waals surface area contributed by atoms with E-state index in [4.69, 9.17) is 12.2 Å². The smallest absolute Gasteiger partial charge is 0.175 e. The van der Waals surface area contributed by atoms with Crippen LogP contribution >= 0.6 is 12.2 Å². The van der Waals surface area contributed by atoms with Gasteiger partial charge in [0.1, 0.15) is 0 Å². The number of rotatable bonds is 3. The van der Waals surface area contributed by atoms with Crippen LogP contribution in [0.2, 0.25) is 0 Å². The van der Waals surface area contributed by atoms with Gasteiger partial charge in [0.05, 0.1) is 0 Å². The maximum absolute atomic E-state index is 5.51. The molecule has 1 aliphatic carbocycles. The Balaban J connectivity index is 1.72. The van der Waals surface area contributed by atoms with Crippen molar-refractivity contribution in [2.24, 2.45) is 0 Å². The van der Waals surface area contributed by atoms with Gasteiger partial charge in [-0.2, -0.15) is 0 Å². The molecule has 0 aromatic heterocycles. The fourth-order valence-corrected chi connectivity index (χ4v) is 3.39. The van der Waals surface area contributed by atoms with E-state index >= 15 is 0 Å². The zero-order valence-electron chi connectivity index (χ0n) is 13.9. The molecule has 0 amide bonds. The number of aryl methyl sites for hydroxylation is 1. The molecule has 0 heterocycles. The molecule has 2 aromatic rings. The highest BCUT2D eigenvalue weighted by molar-refractivity contribution is 7.80. The summed E-state index contributed by atoms with van der Waals surface area (Å²) in [5.41, 5.74) is 6.40. The van der Waals surface area contributed by atoms with E-state index < -0.39 is 0 Å². The highest BCUT2D eigenvalue weighted by Gasteiger charge is 2.13. The third kappa shape index (κ3) is 3.91. The first-order chi connectivity index (χ1) is 11.1. The highest BCUT2D eigenvalue weighted by Crippen LogP contribution is 2.28. The second kappa shape index (κ2) is 7.14. The molecule has 0 saturated heterocycles. The monoisotopic (exact) mass is 324 g/mol. The highest BCUT2D eigenvalue weighted by atomic mass is 32.1. The van der Waals surface area contributed by atoms with Gasteiger partial charge in [-0.25, -0.2) is 0 Å². The molecular weight excluding hydrogens is 300 g/mol. The lowest BCUT2D eigenvalue weighted by molar-refractivity contribution is 0.687.